The lowest BCUT2D eigenvalue weighted by Crippen LogP contribution is -2.29. The van der Waals surface area contributed by atoms with Crippen molar-refractivity contribution in [3.63, 3.8) is 0 Å². The van der Waals surface area contributed by atoms with E-state index in [2.05, 4.69) is 34.4 Å². The van der Waals surface area contributed by atoms with Crippen LogP contribution in [0.1, 0.15) is 24.1 Å². The molecule has 1 aromatic heterocycles. The quantitative estimate of drug-likeness (QED) is 0.852. The third-order valence-electron chi connectivity index (χ3n) is 3.86. The third-order valence-corrected chi connectivity index (χ3v) is 4.50. The Morgan fingerprint density at radius 1 is 1.32 bits per heavy atom. The number of benzene rings is 1. The molecule has 1 fully saturated rings. The van der Waals surface area contributed by atoms with Crippen LogP contribution in [0.3, 0.4) is 0 Å². The van der Waals surface area contributed by atoms with E-state index in [0.717, 1.165) is 18.8 Å². The van der Waals surface area contributed by atoms with E-state index in [1.807, 2.05) is 17.6 Å². The molecule has 19 heavy (non-hydrogen) atoms. The Labute approximate surface area is 118 Å². The second-order valence-corrected chi connectivity index (χ2v) is 6.27. The lowest BCUT2D eigenvalue weighted by Gasteiger charge is -2.23. The lowest BCUT2D eigenvalue weighted by molar-refractivity contribution is 0.292. The SMILES string of the molecule is CN(Cc1cscn1)CC1(c2ccc(N)cc2)CC1. The lowest BCUT2D eigenvalue weighted by atomic mass is 9.95. The molecule has 4 heteroatoms. The fourth-order valence-electron chi connectivity index (χ4n) is 2.69. The molecule has 2 N–H and O–H groups in total. The van der Waals surface area contributed by atoms with Crippen LogP contribution in [0.15, 0.2) is 35.2 Å². The number of thiazole rings is 1. The molecule has 0 amide bonds. The Hall–Kier alpha value is -1.39. The maximum atomic E-state index is 5.76. The number of nitrogen functional groups attached to an aromatic ring is 1. The Kier molecular flexibility index (Phi) is 3.29. The van der Waals surface area contributed by atoms with Gasteiger partial charge >= 0.3 is 0 Å². The fourth-order valence-corrected chi connectivity index (χ4v) is 3.24. The van der Waals surface area contributed by atoms with Crippen molar-refractivity contribution in [3.05, 3.63) is 46.4 Å². The van der Waals surface area contributed by atoms with Crippen LogP contribution in [0.4, 0.5) is 5.69 Å². The number of likely N-dealkylation sites (N-methyl/N-ethyl adjacent to an activating group) is 1. The topological polar surface area (TPSA) is 42.2 Å². The molecule has 1 saturated carbocycles. The van der Waals surface area contributed by atoms with Crippen LogP contribution in [0, 0.1) is 0 Å². The molecule has 1 aliphatic carbocycles. The van der Waals surface area contributed by atoms with Crippen LogP contribution < -0.4 is 5.73 Å². The normalized spacial score (nSPS) is 16.7. The Bertz CT molecular complexity index is 529. The standard InChI is InChI=1S/C15H19N3S/c1-18(8-14-9-19-11-17-14)10-15(6-7-15)12-2-4-13(16)5-3-12/h2-5,9,11H,6-8,10,16H2,1H3. The van der Waals surface area contributed by atoms with Gasteiger partial charge in [0, 0.05) is 29.6 Å². The average molecular weight is 273 g/mol. The summed E-state index contributed by atoms with van der Waals surface area (Å²) in [6.45, 7) is 2.02. The van der Waals surface area contributed by atoms with Gasteiger partial charge in [-0.3, -0.25) is 4.90 Å². The number of nitrogens with zero attached hydrogens (tertiary/aromatic N) is 2. The summed E-state index contributed by atoms with van der Waals surface area (Å²) in [7, 11) is 2.18. The highest BCUT2D eigenvalue weighted by Gasteiger charge is 2.44. The highest BCUT2D eigenvalue weighted by molar-refractivity contribution is 7.07. The molecule has 100 valence electrons. The maximum Gasteiger partial charge on any atom is 0.0795 e. The molecule has 1 aromatic carbocycles. The van der Waals surface area contributed by atoms with Crippen molar-refractivity contribution >= 4 is 17.0 Å². The third kappa shape index (κ3) is 2.80. The predicted octanol–water partition coefficient (Wildman–Crippen LogP) is 2.89. The van der Waals surface area contributed by atoms with Crippen molar-refractivity contribution < 1.29 is 0 Å². The number of aromatic nitrogens is 1. The highest BCUT2D eigenvalue weighted by Crippen LogP contribution is 2.48. The molecule has 2 aromatic rings. The van der Waals surface area contributed by atoms with Crippen LogP contribution in [-0.2, 0) is 12.0 Å². The maximum absolute atomic E-state index is 5.76. The predicted molar refractivity (Wildman–Crippen MR) is 80.2 cm³/mol. The minimum atomic E-state index is 0.346. The minimum absolute atomic E-state index is 0.346. The van der Waals surface area contributed by atoms with Crippen molar-refractivity contribution in [1.29, 1.82) is 0 Å². The smallest absolute Gasteiger partial charge is 0.0795 e. The Balaban J connectivity index is 1.67. The van der Waals surface area contributed by atoms with Crippen molar-refractivity contribution in [1.82, 2.24) is 9.88 Å². The number of nitrogens with two attached hydrogens (primary N) is 1. The summed E-state index contributed by atoms with van der Waals surface area (Å²) in [6, 6.07) is 8.38. The van der Waals surface area contributed by atoms with Gasteiger partial charge in [-0.25, -0.2) is 4.98 Å². The Morgan fingerprint density at radius 3 is 2.63 bits per heavy atom. The van der Waals surface area contributed by atoms with Gasteiger partial charge < -0.3 is 5.73 Å². The fraction of sp³-hybridized carbons (Fsp3) is 0.400. The van der Waals surface area contributed by atoms with Gasteiger partial charge in [0.2, 0.25) is 0 Å². The largest absolute Gasteiger partial charge is 0.399 e. The monoisotopic (exact) mass is 273 g/mol. The van der Waals surface area contributed by atoms with Gasteiger partial charge in [0.1, 0.15) is 0 Å². The zero-order valence-corrected chi connectivity index (χ0v) is 12.0. The van der Waals surface area contributed by atoms with Gasteiger partial charge in [-0.15, -0.1) is 11.3 Å². The first kappa shape index (κ1) is 12.6. The van der Waals surface area contributed by atoms with E-state index in [9.17, 15) is 0 Å². The first-order valence-corrected chi connectivity index (χ1v) is 7.54. The molecule has 0 aliphatic heterocycles. The van der Waals surface area contributed by atoms with E-state index in [0.29, 0.717) is 5.41 Å². The van der Waals surface area contributed by atoms with Crippen molar-refractivity contribution in [3.8, 4) is 0 Å². The van der Waals surface area contributed by atoms with Gasteiger partial charge in [0.25, 0.3) is 0 Å². The van der Waals surface area contributed by atoms with Crippen LogP contribution in [-0.4, -0.2) is 23.5 Å². The summed E-state index contributed by atoms with van der Waals surface area (Å²) in [4.78, 5) is 6.72. The summed E-state index contributed by atoms with van der Waals surface area (Å²) in [5, 5.41) is 2.12. The summed E-state index contributed by atoms with van der Waals surface area (Å²) >= 11 is 1.66. The van der Waals surface area contributed by atoms with Crippen LogP contribution in [0.2, 0.25) is 0 Å². The molecule has 0 bridgehead atoms. The number of anilines is 1. The average Bonchev–Trinajstić information content (AvgIpc) is 2.98. The second kappa shape index (κ2) is 4.94. The van der Waals surface area contributed by atoms with Gasteiger partial charge in [0.05, 0.1) is 11.2 Å². The van der Waals surface area contributed by atoms with E-state index in [4.69, 9.17) is 5.73 Å². The van der Waals surface area contributed by atoms with Gasteiger partial charge in [-0.05, 0) is 37.6 Å². The minimum Gasteiger partial charge on any atom is -0.399 e. The van der Waals surface area contributed by atoms with Crippen molar-refractivity contribution in [2.75, 3.05) is 19.3 Å². The molecule has 3 nitrogen and oxygen atoms in total. The van der Waals surface area contributed by atoms with Crippen LogP contribution in [0.25, 0.3) is 0 Å². The summed E-state index contributed by atoms with van der Waals surface area (Å²) in [6.07, 6.45) is 2.55. The van der Waals surface area contributed by atoms with Crippen LogP contribution in [0.5, 0.6) is 0 Å². The van der Waals surface area contributed by atoms with Gasteiger partial charge in [0.15, 0.2) is 0 Å². The second-order valence-electron chi connectivity index (χ2n) is 5.55. The first-order valence-electron chi connectivity index (χ1n) is 6.60. The van der Waals surface area contributed by atoms with Gasteiger partial charge in [-0.2, -0.15) is 0 Å². The molecule has 1 heterocycles. The zero-order chi connectivity index (χ0) is 13.3. The summed E-state index contributed by atoms with van der Waals surface area (Å²) in [5.41, 5.74) is 11.4. The number of hydrogen-bond acceptors (Lipinski definition) is 4. The summed E-state index contributed by atoms with van der Waals surface area (Å²) < 4.78 is 0. The molecular formula is C15H19N3S. The van der Waals surface area contributed by atoms with Crippen molar-refractivity contribution in [2.45, 2.75) is 24.8 Å². The number of hydrogen-bond donors (Lipinski definition) is 1. The van der Waals surface area contributed by atoms with Crippen LogP contribution >= 0.6 is 11.3 Å². The van der Waals surface area contributed by atoms with E-state index in [1.54, 1.807) is 11.3 Å². The molecule has 0 unspecified atom stereocenters. The molecule has 1 aliphatic rings. The molecule has 0 saturated heterocycles. The molecule has 0 spiro atoms. The highest BCUT2D eigenvalue weighted by atomic mass is 32.1. The molecule has 3 rings (SSSR count). The number of rotatable bonds is 5. The van der Waals surface area contributed by atoms with E-state index in [1.165, 1.54) is 24.1 Å². The molecular weight excluding hydrogens is 254 g/mol. The van der Waals surface area contributed by atoms with E-state index in [-0.39, 0.29) is 0 Å². The van der Waals surface area contributed by atoms with Crippen molar-refractivity contribution in [2.24, 2.45) is 0 Å². The van der Waals surface area contributed by atoms with E-state index < -0.39 is 0 Å². The molecule has 0 atom stereocenters. The van der Waals surface area contributed by atoms with Gasteiger partial charge in [-0.1, -0.05) is 12.1 Å². The Morgan fingerprint density at radius 2 is 2.05 bits per heavy atom. The molecule has 0 radical (unpaired) electrons. The first-order chi connectivity index (χ1) is 9.18. The van der Waals surface area contributed by atoms with E-state index >= 15 is 0 Å². The summed E-state index contributed by atoms with van der Waals surface area (Å²) in [5.74, 6) is 0. The zero-order valence-electron chi connectivity index (χ0n) is 11.2.